The zero-order valence-corrected chi connectivity index (χ0v) is 63.4. The van der Waals surface area contributed by atoms with Gasteiger partial charge in [-0.15, -0.1) is 0 Å². The lowest BCUT2D eigenvalue weighted by molar-refractivity contribution is -0.423. The molecule has 0 saturated carbocycles. The molecule has 0 aromatic heterocycles. The van der Waals surface area contributed by atoms with Gasteiger partial charge in [0, 0.05) is 6.42 Å². The molecule has 0 aliphatic carbocycles. The van der Waals surface area contributed by atoms with E-state index in [1.54, 1.807) is 0 Å². The normalized spacial score (nSPS) is 51.0. The zero-order valence-electron chi connectivity index (χ0n) is 63.4. The van der Waals surface area contributed by atoms with Crippen LogP contribution in [0, 0.1) is 0 Å². The highest BCUT2D eigenvalue weighted by molar-refractivity contribution is 5.75. The van der Waals surface area contributed by atoms with E-state index < -0.39 is 403 Å². The second-order valence-electron chi connectivity index (χ2n) is 30.6. The molecule has 57 heteroatoms. The van der Waals surface area contributed by atoms with Gasteiger partial charge in [0.25, 0.3) is 5.79 Å². The van der Waals surface area contributed by atoms with E-state index in [1.807, 2.05) is 0 Å². The van der Waals surface area contributed by atoms with Gasteiger partial charge in [0.15, 0.2) is 62.7 Å². The van der Waals surface area contributed by atoms with Crippen molar-refractivity contribution in [2.24, 2.45) is 5.73 Å². The molecular weight excluding hydrogens is 1690 g/mol. The summed E-state index contributed by atoms with van der Waals surface area (Å²) in [6.07, 6.45) is -124. The second-order valence-corrected chi connectivity index (χ2v) is 30.6. The molecule has 10 rings (SSSR count). The van der Waals surface area contributed by atoms with Crippen molar-refractivity contribution in [1.82, 2.24) is 0 Å². The zero-order chi connectivity index (χ0) is 90.2. The van der Waals surface area contributed by atoms with Gasteiger partial charge in [-0.05, 0) is 0 Å². The van der Waals surface area contributed by atoms with Crippen LogP contribution in [0.2, 0.25) is 0 Å². The van der Waals surface area contributed by atoms with E-state index in [9.17, 15) is 188 Å². The van der Waals surface area contributed by atoms with E-state index >= 15 is 0 Å². The first-order valence-corrected chi connectivity index (χ1v) is 38.1. The summed E-state index contributed by atoms with van der Waals surface area (Å²) in [4.78, 5) is 26.0. The molecular formula is C65H109NO56. The molecule has 0 spiro atoms. The van der Waals surface area contributed by atoms with Crippen LogP contribution < -0.4 is 5.73 Å². The van der Waals surface area contributed by atoms with Gasteiger partial charge < -0.3 is 274 Å². The van der Waals surface area contributed by atoms with Gasteiger partial charge in [-0.3, -0.25) is 0 Å². The van der Waals surface area contributed by atoms with Gasteiger partial charge in [0.05, 0.1) is 71.6 Å². The maximum Gasteiger partial charge on any atom is 0.364 e. The van der Waals surface area contributed by atoms with Crippen LogP contribution in [0.4, 0.5) is 0 Å². The van der Waals surface area contributed by atoms with Crippen molar-refractivity contribution < 1.29 is 278 Å². The van der Waals surface area contributed by atoms with Crippen LogP contribution in [0.1, 0.15) is 6.42 Å². The molecule has 0 aromatic carbocycles. The third-order valence-corrected chi connectivity index (χ3v) is 22.4. The Labute approximate surface area is 685 Å². The van der Waals surface area contributed by atoms with E-state index in [0.29, 0.717) is 0 Å². The molecule has 53 atom stereocenters. The molecule has 10 saturated heterocycles. The smallest absolute Gasteiger partial charge is 0.364 e. The van der Waals surface area contributed by atoms with Crippen molar-refractivity contribution in [1.29, 1.82) is 0 Å². The SMILES string of the molecule is N[C@H]1[C@@H](OC2[C@@H](C(=O)O)O[C@H](O[C@H]3[C@H](O)[C@@H]([C@@H](O)CO[C@H]4O[C@H]([C@@H](O)CO)[C@@H](O)[C@H](O)[C@@H]4O)O[C@H](O[C@@H]4[C@H](O)[C@@H](O[C@H]5[C@@H]([C@H](O)CO)O[C@@](O)(C(=O)O)C[C@H]5O)O[C@H]([C@@H](O)CO)[C@H]4O[C@@H]4O[C@H](CO)[C@@H](O)[C@H](O)[C@H]4O)[C@H]3O[C@@H]3O[C@H](CO)[C@@H](O)[C@H](O)[C@H]3O)[C@H](O)[C@H]2O)O[C@H](CO[C@@H]2O[C@H](CO)[C@@H](O)[C@H](O)[C@H]2O)[C@@H](O[C@@H]2O[C@H](CO)[C@H](O)[C@H](O)[C@H]2O)[C@@H]1O. The van der Waals surface area contributed by atoms with E-state index in [1.165, 1.54) is 0 Å². The number of rotatable bonds is 33. The summed E-state index contributed by atoms with van der Waals surface area (Å²) in [7, 11) is 0. The largest absolute Gasteiger partial charge is 0.479 e. The van der Waals surface area contributed by atoms with E-state index in [4.69, 9.17) is 95.7 Å². The number of nitrogens with two attached hydrogens (primary N) is 1. The highest BCUT2D eigenvalue weighted by Gasteiger charge is 2.64. The molecule has 122 heavy (non-hydrogen) atoms. The van der Waals surface area contributed by atoms with Crippen molar-refractivity contribution in [3.63, 3.8) is 0 Å². The lowest BCUT2D eigenvalue weighted by Crippen LogP contribution is -2.71. The van der Waals surface area contributed by atoms with Gasteiger partial charge >= 0.3 is 11.9 Å². The number of aliphatic carboxylic acids is 2. The van der Waals surface area contributed by atoms with Gasteiger partial charge in [-0.2, -0.15) is 0 Å². The summed E-state index contributed by atoms with van der Waals surface area (Å²) < 4.78 is 110. The lowest BCUT2D eigenvalue weighted by atomic mass is 9.91. The predicted molar refractivity (Wildman–Crippen MR) is 361 cm³/mol. The topological polar surface area (TPSA) is 944 Å². The van der Waals surface area contributed by atoms with E-state index in [-0.39, 0.29) is 0 Å². The Balaban J connectivity index is 1.06. The van der Waals surface area contributed by atoms with Crippen molar-refractivity contribution in [3.8, 4) is 0 Å². The van der Waals surface area contributed by atoms with Crippen LogP contribution in [0.25, 0.3) is 0 Å². The van der Waals surface area contributed by atoms with Crippen LogP contribution in [-0.2, 0) is 99.6 Å². The first-order chi connectivity index (χ1) is 57.5. The van der Waals surface area contributed by atoms with E-state index in [2.05, 4.69) is 0 Å². The predicted octanol–water partition coefficient (Wildman–Crippen LogP) is -24.8. The summed E-state index contributed by atoms with van der Waals surface area (Å²) in [5.74, 6) is -7.86. The van der Waals surface area contributed by atoms with Crippen LogP contribution in [0.3, 0.4) is 0 Å². The Hall–Kier alpha value is -3.18. The van der Waals surface area contributed by atoms with Crippen molar-refractivity contribution in [2.45, 2.75) is 331 Å². The van der Waals surface area contributed by atoms with Gasteiger partial charge in [-0.25, -0.2) is 9.59 Å². The van der Waals surface area contributed by atoms with Gasteiger partial charge in [0.2, 0.25) is 0 Å². The summed E-state index contributed by atoms with van der Waals surface area (Å²) in [5.41, 5.74) is 6.45. The van der Waals surface area contributed by atoms with Crippen LogP contribution in [0.15, 0.2) is 0 Å². The van der Waals surface area contributed by atoms with Gasteiger partial charge in [0.1, 0.15) is 244 Å². The fourth-order valence-corrected chi connectivity index (χ4v) is 15.3. The van der Waals surface area contributed by atoms with Crippen molar-refractivity contribution in [3.05, 3.63) is 0 Å². The molecule has 0 radical (unpaired) electrons. The molecule has 10 aliphatic heterocycles. The van der Waals surface area contributed by atoms with Crippen LogP contribution in [0.5, 0.6) is 0 Å². The summed E-state index contributed by atoms with van der Waals surface area (Å²) >= 11 is 0. The Morgan fingerprint density at radius 2 is 0.672 bits per heavy atom. The first kappa shape index (κ1) is 101. The standard InChI is InChI=1S/C65H109NO56/c66-21-26(83)47(115-58-36(93)28(85)23(80)17(6-71)107-58)20(10-105-56-34(91)27(84)22(79)16(5-70)106-56)110-55(21)116-48-33(90)39(96)61(120-52(48)54(99)100)117-49-40(97)43(15(78)9-104-57-35(92)31(88)32(89)42(111-57)12(75)2-67)112-63(53(49)121-60-38(95)30(87)25(82)19(8-73)109-60)118-50-41(98)62(113-44-11(74)1-65(103,64(101)102)122-46(44)14(77)4-69)114-45(13(76)3-68)51(50)119-59-37(94)29(86)24(81)18(7-72)108-59/h11-53,55-63,67-98,103H,1-10,66H2,(H,99,100)(H,101,102)/t11-,12+,13+,14-,15+,16-,17-,18-,19-,20-,21-,22-,23+,24-,25-,26-,27+,28+,29+,30+,31+,32+,33-,34-,35+,36-,37-,38-,39-,40-,41+,42-,43-,44-,45-,46-,47-,48?,49+,50-,51-,52+,53+,55-,56-,57+,58+,59+,60+,61+,62+,63-,65-/m1/s1. The number of hydrogen-bond donors (Lipinski definition) is 36. The number of carboxylic acid groups (broad SMARTS) is 2. The molecule has 10 fully saturated rings. The Morgan fingerprint density at radius 1 is 0.320 bits per heavy atom. The summed E-state index contributed by atoms with van der Waals surface area (Å²) in [5, 5.41) is 386. The summed E-state index contributed by atoms with van der Waals surface area (Å²) in [6, 6.07) is -2.15. The number of ether oxygens (including phenoxy) is 19. The molecule has 0 bridgehead atoms. The number of carboxylic acids is 2. The molecule has 1 unspecified atom stereocenters. The number of hydrogen-bond acceptors (Lipinski definition) is 55. The minimum absolute atomic E-state index is 1.01. The number of aliphatic hydroxyl groups excluding tert-OH is 32. The lowest BCUT2D eigenvalue weighted by Gasteiger charge is -2.53. The van der Waals surface area contributed by atoms with Crippen molar-refractivity contribution in [2.75, 3.05) is 59.5 Å². The van der Waals surface area contributed by atoms with Gasteiger partial charge in [-0.1, -0.05) is 0 Å². The minimum Gasteiger partial charge on any atom is -0.479 e. The molecule has 10 heterocycles. The molecule has 57 nitrogen and oxygen atoms in total. The monoisotopic (exact) mass is 1800 g/mol. The third kappa shape index (κ3) is 21.1. The Bertz CT molecular complexity index is 3230. The first-order valence-electron chi connectivity index (χ1n) is 38.1. The second kappa shape index (κ2) is 42.8. The average Bonchev–Trinajstić information content (AvgIpc) is 0.746. The fraction of sp³-hybridized carbons (Fsp3) is 0.969. The molecule has 10 aliphatic rings. The highest BCUT2D eigenvalue weighted by atomic mass is 16.8. The Kier molecular flexibility index (Phi) is 35.4. The maximum absolute atomic E-state index is 13.7. The van der Waals surface area contributed by atoms with E-state index in [0.717, 1.165) is 0 Å². The maximum atomic E-state index is 13.7. The molecule has 710 valence electrons. The number of carbonyl (C=O) groups is 2. The summed E-state index contributed by atoms with van der Waals surface area (Å²) in [6.45, 7) is -11.2. The molecule has 0 aromatic rings. The average molecular weight is 1800 g/mol. The third-order valence-electron chi connectivity index (χ3n) is 22.4. The Morgan fingerprint density at radius 3 is 1.16 bits per heavy atom. The molecule has 0 amide bonds. The van der Waals surface area contributed by atoms with Crippen LogP contribution >= 0.6 is 0 Å². The quantitative estimate of drug-likeness (QED) is 0.0290. The fourth-order valence-electron chi connectivity index (χ4n) is 15.3. The molecule has 37 N–H and O–H groups in total. The van der Waals surface area contributed by atoms with Crippen molar-refractivity contribution >= 4 is 11.9 Å². The van der Waals surface area contributed by atoms with Crippen LogP contribution in [-0.4, -0.2) is 575 Å². The highest BCUT2D eigenvalue weighted by Crippen LogP contribution is 2.43. The minimum atomic E-state index is -3.41. The number of aliphatic hydroxyl groups is 33.